The number of methoxy groups -OCH3 is 1. The van der Waals surface area contributed by atoms with Gasteiger partial charge in [0, 0.05) is 28.4 Å². The van der Waals surface area contributed by atoms with Crippen molar-refractivity contribution in [3.63, 3.8) is 0 Å². The highest BCUT2D eigenvalue weighted by atomic mass is 16.5. The van der Waals surface area contributed by atoms with Crippen LogP contribution >= 0.6 is 0 Å². The van der Waals surface area contributed by atoms with E-state index in [1.165, 1.54) is 7.11 Å². The van der Waals surface area contributed by atoms with Gasteiger partial charge in [0.25, 0.3) is 0 Å². The van der Waals surface area contributed by atoms with Gasteiger partial charge in [-0.1, -0.05) is 24.3 Å². The molecule has 2 atom stereocenters. The number of allylic oxidation sites excluding steroid dienone is 1. The van der Waals surface area contributed by atoms with Crippen LogP contribution < -0.4 is 25.5 Å². The third kappa shape index (κ3) is 5.84. The minimum Gasteiger partial charge on any atom is -0.490 e. The number of nitrogens with zero attached hydrogens (tertiary/aromatic N) is 1. The highest BCUT2D eigenvalue weighted by Crippen LogP contribution is 2.34. The summed E-state index contributed by atoms with van der Waals surface area (Å²) >= 11 is 0. The van der Waals surface area contributed by atoms with Gasteiger partial charge < -0.3 is 34.9 Å². The first-order valence-electron chi connectivity index (χ1n) is 11.7. The number of aromatic amines is 1. The molecule has 2 heterocycles. The Kier molecular flexibility index (Phi) is 7.94. The highest BCUT2D eigenvalue weighted by Gasteiger charge is 2.32. The zero-order valence-corrected chi connectivity index (χ0v) is 20.7. The van der Waals surface area contributed by atoms with Crippen LogP contribution in [0.25, 0.3) is 10.9 Å². The summed E-state index contributed by atoms with van der Waals surface area (Å²) in [7, 11) is 1.28. The summed E-state index contributed by atoms with van der Waals surface area (Å²) in [5.74, 6) is 0.215. The predicted molar refractivity (Wildman–Crippen MR) is 137 cm³/mol. The van der Waals surface area contributed by atoms with Gasteiger partial charge >= 0.3 is 12.0 Å². The highest BCUT2D eigenvalue weighted by molar-refractivity contribution is 5.99. The molecule has 2 amide bonds. The predicted octanol–water partition coefficient (Wildman–Crippen LogP) is 2.69. The second kappa shape index (κ2) is 11.5. The number of fused-ring (bicyclic) bond motifs is 1. The van der Waals surface area contributed by atoms with Crippen LogP contribution in [0.3, 0.4) is 0 Å². The van der Waals surface area contributed by atoms with E-state index in [1.54, 1.807) is 31.3 Å². The Morgan fingerprint density at radius 2 is 2.03 bits per heavy atom. The van der Waals surface area contributed by atoms with Crippen molar-refractivity contribution in [3.8, 4) is 11.5 Å². The van der Waals surface area contributed by atoms with Crippen LogP contribution in [0.5, 0.6) is 11.5 Å². The van der Waals surface area contributed by atoms with Gasteiger partial charge in [-0.3, -0.25) is 5.43 Å². The number of carbonyl (C=O) groups is 2. The molecule has 194 valence electrons. The van der Waals surface area contributed by atoms with E-state index in [-0.39, 0.29) is 12.2 Å². The van der Waals surface area contributed by atoms with E-state index in [4.69, 9.17) is 14.2 Å². The molecule has 3 aromatic rings. The Hall–Kier alpha value is -4.51. The quantitative estimate of drug-likeness (QED) is 0.123. The zero-order valence-electron chi connectivity index (χ0n) is 20.7. The number of aliphatic hydroxyl groups excluding tert-OH is 1. The van der Waals surface area contributed by atoms with Crippen molar-refractivity contribution in [2.45, 2.75) is 26.1 Å². The molecule has 37 heavy (non-hydrogen) atoms. The van der Waals surface area contributed by atoms with Crippen LogP contribution in [0.4, 0.5) is 4.79 Å². The third-order valence-corrected chi connectivity index (χ3v) is 5.72. The number of hydrogen-bond donors (Lipinski definition) is 5. The number of amides is 2. The van der Waals surface area contributed by atoms with E-state index in [1.807, 2.05) is 37.4 Å². The Morgan fingerprint density at radius 1 is 1.22 bits per heavy atom. The number of rotatable bonds is 10. The number of aromatic nitrogens is 1. The van der Waals surface area contributed by atoms with Crippen LogP contribution in [0.2, 0.25) is 0 Å². The number of hydrogen-bond acceptors (Lipinski definition) is 8. The summed E-state index contributed by atoms with van der Waals surface area (Å²) in [4.78, 5) is 27.6. The van der Waals surface area contributed by atoms with Crippen LogP contribution in [-0.2, 0) is 9.53 Å². The minimum atomic E-state index is -1.09. The molecule has 1 aromatic heterocycles. The van der Waals surface area contributed by atoms with Gasteiger partial charge in [0.05, 0.1) is 31.5 Å². The van der Waals surface area contributed by atoms with Crippen LogP contribution in [-0.4, -0.2) is 54.9 Å². The molecule has 11 heteroatoms. The fraction of sp³-hybridized carbons (Fsp3) is 0.269. The monoisotopic (exact) mass is 507 g/mol. The lowest BCUT2D eigenvalue weighted by Gasteiger charge is -2.28. The zero-order chi connectivity index (χ0) is 26.4. The number of H-pyrrole nitrogens is 1. The molecule has 4 rings (SSSR count). The minimum absolute atomic E-state index is 0.110. The summed E-state index contributed by atoms with van der Waals surface area (Å²) in [5, 5.41) is 20.8. The molecular weight excluding hydrogens is 478 g/mol. The van der Waals surface area contributed by atoms with Gasteiger partial charge in [-0.15, -0.1) is 0 Å². The Bertz CT molecular complexity index is 1350. The van der Waals surface area contributed by atoms with Crippen molar-refractivity contribution in [1.29, 1.82) is 0 Å². The number of hydrazone groups is 1. The van der Waals surface area contributed by atoms with E-state index in [9.17, 15) is 14.7 Å². The number of ether oxygens (including phenoxy) is 3. The summed E-state index contributed by atoms with van der Waals surface area (Å²) in [6.07, 6.45) is 2.36. The van der Waals surface area contributed by atoms with Gasteiger partial charge in [0.2, 0.25) is 0 Å². The standard InChI is InChI=1S/C26H29N5O6/c1-4-36-21-11-16(24-23(25(33)35-3)15(2)29-26(34)30-24)9-10-20(21)37-14-22(32)31-28-13-17-12-27-19-8-6-5-7-18(17)19/h5-13,22,24,27,31-32H,4,14H2,1-3H3,(H2,29,30,34)/b28-13-/t22-,24-/m1/s1. The number of carbonyl (C=O) groups excluding carboxylic acids is 2. The normalized spacial score (nSPS) is 16.3. The average Bonchev–Trinajstić information content (AvgIpc) is 3.30. The van der Waals surface area contributed by atoms with Crippen LogP contribution in [0.15, 0.2) is 65.0 Å². The maximum Gasteiger partial charge on any atom is 0.337 e. The average molecular weight is 508 g/mol. The maximum absolute atomic E-state index is 12.4. The van der Waals surface area contributed by atoms with Crippen molar-refractivity contribution in [1.82, 2.24) is 21.0 Å². The number of benzene rings is 2. The van der Waals surface area contributed by atoms with E-state index in [2.05, 4.69) is 26.1 Å². The van der Waals surface area contributed by atoms with Gasteiger partial charge in [-0.25, -0.2) is 9.59 Å². The third-order valence-electron chi connectivity index (χ3n) is 5.72. The topological polar surface area (TPSA) is 146 Å². The molecular formula is C26H29N5O6. The number of aliphatic hydroxyl groups is 1. The smallest absolute Gasteiger partial charge is 0.337 e. The second-order valence-corrected chi connectivity index (χ2v) is 8.20. The molecule has 1 aliphatic heterocycles. The lowest BCUT2D eigenvalue weighted by atomic mass is 9.95. The summed E-state index contributed by atoms with van der Waals surface area (Å²) in [6, 6.07) is 11.7. The van der Waals surface area contributed by atoms with E-state index in [0.717, 1.165) is 16.5 Å². The molecule has 5 N–H and O–H groups in total. The van der Waals surface area contributed by atoms with Crippen molar-refractivity contribution < 1.29 is 28.9 Å². The Labute approximate surface area is 213 Å². The largest absolute Gasteiger partial charge is 0.490 e. The molecule has 0 saturated carbocycles. The molecule has 11 nitrogen and oxygen atoms in total. The van der Waals surface area contributed by atoms with Crippen molar-refractivity contribution >= 4 is 29.1 Å². The molecule has 2 aromatic carbocycles. The lowest BCUT2D eigenvalue weighted by Crippen LogP contribution is -2.45. The van der Waals surface area contributed by atoms with Gasteiger partial charge in [0.1, 0.15) is 6.61 Å². The van der Waals surface area contributed by atoms with Crippen LogP contribution in [0, 0.1) is 0 Å². The molecule has 1 aliphatic rings. The number of esters is 1. The molecule has 0 aliphatic carbocycles. The molecule has 0 spiro atoms. The first-order valence-corrected chi connectivity index (χ1v) is 11.7. The van der Waals surface area contributed by atoms with E-state index < -0.39 is 24.3 Å². The Morgan fingerprint density at radius 3 is 2.81 bits per heavy atom. The Balaban J connectivity index is 1.44. The van der Waals surface area contributed by atoms with Gasteiger partial charge in [-0.2, -0.15) is 5.10 Å². The molecule has 0 bridgehead atoms. The molecule has 0 fully saturated rings. The van der Waals surface area contributed by atoms with E-state index >= 15 is 0 Å². The fourth-order valence-electron chi connectivity index (χ4n) is 4.02. The van der Waals surface area contributed by atoms with Crippen molar-refractivity contribution in [2.75, 3.05) is 20.3 Å². The van der Waals surface area contributed by atoms with Gasteiger partial charge in [-0.05, 0) is 37.6 Å². The molecule has 0 unspecified atom stereocenters. The summed E-state index contributed by atoms with van der Waals surface area (Å²) in [5.41, 5.74) is 5.80. The SMILES string of the molecule is CCOc1cc([C@H]2NC(=O)NC(C)=C2C(=O)OC)ccc1OC[C@@H](O)N/N=C\c1c[nH]c2ccccc12. The molecule has 0 saturated heterocycles. The maximum atomic E-state index is 12.4. The number of nitrogens with one attached hydrogen (secondary N) is 4. The molecule has 0 radical (unpaired) electrons. The van der Waals surface area contributed by atoms with Crippen molar-refractivity contribution in [3.05, 3.63) is 71.1 Å². The van der Waals surface area contributed by atoms with Crippen molar-refractivity contribution in [2.24, 2.45) is 5.10 Å². The second-order valence-electron chi connectivity index (χ2n) is 8.20. The summed E-state index contributed by atoms with van der Waals surface area (Å²) < 4.78 is 16.4. The van der Waals surface area contributed by atoms with Crippen LogP contribution in [0.1, 0.15) is 31.0 Å². The number of para-hydroxylation sites is 1. The summed E-state index contributed by atoms with van der Waals surface area (Å²) in [6.45, 7) is 3.70. The lowest BCUT2D eigenvalue weighted by molar-refractivity contribution is -0.136. The number of urea groups is 1. The fourth-order valence-corrected chi connectivity index (χ4v) is 4.02. The van der Waals surface area contributed by atoms with E-state index in [0.29, 0.717) is 29.4 Å². The first-order chi connectivity index (χ1) is 17.9. The first kappa shape index (κ1) is 25.6. The van der Waals surface area contributed by atoms with Gasteiger partial charge in [0.15, 0.2) is 17.7 Å².